The van der Waals surface area contributed by atoms with Gasteiger partial charge in [0.2, 0.25) is 5.91 Å². The van der Waals surface area contributed by atoms with E-state index < -0.39 is 17.5 Å². The first-order valence-corrected chi connectivity index (χ1v) is 5.89. The predicted octanol–water partition coefficient (Wildman–Crippen LogP) is 2.18. The molecule has 0 fully saturated rings. The molecule has 0 aliphatic carbocycles. The molecule has 0 unspecified atom stereocenters. The smallest absolute Gasteiger partial charge is 0.237 e. The van der Waals surface area contributed by atoms with Crippen LogP contribution in [0.4, 0.5) is 8.78 Å². The van der Waals surface area contributed by atoms with Crippen molar-refractivity contribution in [2.45, 2.75) is 6.54 Å². The van der Waals surface area contributed by atoms with Gasteiger partial charge in [-0.25, -0.2) is 8.78 Å². The van der Waals surface area contributed by atoms with Crippen LogP contribution in [-0.4, -0.2) is 36.9 Å². The molecular weight excluding hydrogens is 264 g/mol. The Morgan fingerprint density at radius 3 is 2.50 bits per heavy atom. The van der Waals surface area contributed by atoms with E-state index in [1.54, 1.807) is 0 Å². The van der Waals surface area contributed by atoms with E-state index in [9.17, 15) is 13.6 Å². The van der Waals surface area contributed by atoms with Gasteiger partial charge in [0.25, 0.3) is 0 Å². The third-order valence-electron chi connectivity index (χ3n) is 2.44. The van der Waals surface area contributed by atoms with Crippen LogP contribution in [0.1, 0.15) is 5.56 Å². The molecule has 0 saturated heterocycles. The number of methoxy groups -OCH3 is 1. The van der Waals surface area contributed by atoms with Gasteiger partial charge in [-0.3, -0.25) is 4.79 Å². The van der Waals surface area contributed by atoms with E-state index in [4.69, 9.17) is 16.3 Å². The van der Waals surface area contributed by atoms with Crippen LogP contribution in [0.15, 0.2) is 18.2 Å². The number of nitrogens with zero attached hydrogens (tertiary/aromatic N) is 1. The van der Waals surface area contributed by atoms with Crippen LogP contribution in [-0.2, 0) is 16.1 Å². The van der Waals surface area contributed by atoms with Crippen LogP contribution in [0.5, 0.6) is 0 Å². The van der Waals surface area contributed by atoms with Crippen molar-refractivity contribution in [3.05, 3.63) is 35.4 Å². The van der Waals surface area contributed by atoms with Gasteiger partial charge in [0.05, 0.1) is 13.2 Å². The molecule has 0 saturated carbocycles. The summed E-state index contributed by atoms with van der Waals surface area (Å²) >= 11 is 5.45. The molecule has 0 aliphatic heterocycles. The van der Waals surface area contributed by atoms with E-state index >= 15 is 0 Å². The summed E-state index contributed by atoms with van der Waals surface area (Å²) in [6.45, 7) is 0.349. The average Bonchev–Trinajstić information content (AvgIpc) is 2.36. The first-order chi connectivity index (χ1) is 8.60. The Morgan fingerprint density at radius 1 is 1.39 bits per heavy atom. The van der Waals surface area contributed by atoms with Crippen molar-refractivity contribution in [2.24, 2.45) is 0 Å². The molecule has 0 spiro atoms. The van der Waals surface area contributed by atoms with Crippen molar-refractivity contribution in [3.63, 3.8) is 0 Å². The molecule has 0 radical (unpaired) electrons. The van der Waals surface area contributed by atoms with Crippen molar-refractivity contribution < 1.29 is 18.3 Å². The lowest BCUT2D eigenvalue weighted by atomic mass is 10.2. The Kier molecular flexibility index (Phi) is 6.01. The Labute approximate surface area is 109 Å². The first-order valence-electron chi connectivity index (χ1n) is 5.35. The number of amides is 1. The second-order valence-corrected chi connectivity index (χ2v) is 3.91. The van der Waals surface area contributed by atoms with Crippen LogP contribution < -0.4 is 0 Å². The summed E-state index contributed by atoms with van der Waals surface area (Å²) in [5.74, 6) is -1.99. The predicted molar refractivity (Wildman–Crippen MR) is 64.4 cm³/mol. The number of halogens is 3. The minimum Gasteiger partial charge on any atom is -0.383 e. The van der Waals surface area contributed by atoms with Crippen molar-refractivity contribution in [1.29, 1.82) is 0 Å². The minimum absolute atomic E-state index is 0.146. The highest BCUT2D eigenvalue weighted by Crippen LogP contribution is 2.14. The second kappa shape index (κ2) is 7.28. The number of carbonyl (C=O) groups is 1. The van der Waals surface area contributed by atoms with Crippen molar-refractivity contribution in [3.8, 4) is 0 Å². The van der Waals surface area contributed by atoms with Gasteiger partial charge < -0.3 is 9.64 Å². The van der Waals surface area contributed by atoms with E-state index in [0.717, 1.165) is 12.1 Å². The maximum Gasteiger partial charge on any atom is 0.237 e. The summed E-state index contributed by atoms with van der Waals surface area (Å²) in [7, 11) is 1.48. The average molecular weight is 278 g/mol. The maximum atomic E-state index is 13.5. The molecule has 1 amide bonds. The topological polar surface area (TPSA) is 29.5 Å². The van der Waals surface area contributed by atoms with Gasteiger partial charge in [-0.15, -0.1) is 11.6 Å². The molecule has 0 bridgehead atoms. The van der Waals surface area contributed by atoms with Crippen LogP contribution in [0.3, 0.4) is 0 Å². The zero-order valence-corrected chi connectivity index (χ0v) is 10.7. The van der Waals surface area contributed by atoms with Crippen molar-refractivity contribution in [2.75, 3.05) is 26.1 Å². The normalized spacial score (nSPS) is 10.4. The van der Waals surface area contributed by atoms with Gasteiger partial charge in [0.1, 0.15) is 17.5 Å². The highest BCUT2D eigenvalue weighted by molar-refractivity contribution is 6.27. The lowest BCUT2D eigenvalue weighted by Crippen LogP contribution is -2.34. The molecule has 18 heavy (non-hydrogen) atoms. The van der Waals surface area contributed by atoms with Gasteiger partial charge in [-0.2, -0.15) is 0 Å². The molecule has 1 aromatic rings. The number of carbonyl (C=O) groups excluding carboxylic acids is 1. The van der Waals surface area contributed by atoms with Crippen LogP contribution >= 0.6 is 11.6 Å². The van der Waals surface area contributed by atoms with Crippen LogP contribution in [0.25, 0.3) is 0 Å². The van der Waals surface area contributed by atoms with Crippen LogP contribution in [0, 0.1) is 11.6 Å². The SMILES string of the molecule is COCCN(Cc1c(F)cccc1F)C(=O)CCl. The number of rotatable bonds is 6. The lowest BCUT2D eigenvalue weighted by molar-refractivity contribution is -0.129. The molecule has 3 nitrogen and oxygen atoms in total. The fourth-order valence-electron chi connectivity index (χ4n) is 1.45. The third-order valence-corrected chi connectivity index (χ3v) is 2.67. The van der Waals surface area contributed by atoms with E-state index in [2.05, 4.69) is 0 Å². The minimum atomic E-state index is -0.681. The number of hydrogen-bond donors (Lipinski definition) is 0. The molecule has 0 N–H and O–H groups in total. The quantitative estimate of drug-likeness (QED) is 0.746. The fourth-order valence-corrected chi connectivity index (χ4v) is 1.62. The summed E-state index contributed by atoms with van der Waals surface area (Å²) in [5.41, 5.74) is -0.146. The van der Waals surface area contributed by atoms with Crippen molar-refractivity contribution in [1.82, 2.24) is 4.90 Å². The van der Waals surface area contributed by atoms with E-state index in [-0.39, 0.29) is 31.1 Å². The van der Waals surface area contributed by atoms with Gasteiger partial charge >= 0.3 is 0 Å². The van der Waals surface area contributed by atoms with E-state index in [0.29, 0.717) is 0 Å². The Bertz CT molecular complexity index is 395. The zero-order valence-electron chi connectivity index (χ0n) is 9.96. The summed E-state index contributed by atoms with van der Waals surface area (Å²) in [6.07, 6.45) is 0. The third kappa shape index (κ3) is 3.92. The van der Waals surface area contributed by atoms with Gasteiger partial charge in [0, 0.05) is 19.2 Å². The molecule has 6 heteroatoms. The fraction of sp³-hybridized carbons (Fsp3) is 0.417. The molecule has 0 atom stereocenters. The largest absolute Gasteiger partial charge is 0.383 e. The zero-order chi connectivity index (χ0) is 13.5. The Hall–Kier alpha value is -1.20. The standard InChI is InChI=1S/C12H14ClF2NO2/c1-18-6-5-16(12(17)7-13)8-9-10(14)3-2-4-11(9)15/h2-4H,5-8H2,1H3. The molecule has 0 aromatic heterocycles. The maximum absolute atomic E-state index is 13.5. The highest BCUT2D eigenvalue weighted by atomic mass is 35.5. The van der Waals surface area contributed by atoms with Gasteiger partial charge in [-0.1, -0.05) is 6.07 Å². The highest BCUT2D eigenvalue weighted by Gasteiger charge is 2.17. The van der Waals surface area contributed by atoms with E-state index in [1.165, 1.54) is 18.1 Å². The number of hydrogen-bond acceptors (Lipinski definition) is 2. The first kappa shape index (κ1) is 14.9. The lowest BCUT2D eigenvalue weighted by Gasteiger charge is -2.22. The summed E-state index contributed by atoms with van der Waals surface area (Å²) < 4.78 is 31.8. The molecule has 1 aromatic carbocycles. The molecule has 1 rings (SSSR count). The number of benzene rings is 1. The van der Waals surface area contributed by atoms with Gasteiger partial charge in [-0.05, 0) is 12.1 Å². The molecule has 100 valence electrons. The summed E-state index contributed by atoms with van der Waals surface area (Å²) in [4.78, 5) is 12.8. The summed E-state index contributed by atoms with van der Waals surface area (Å²) in [5, 5.41) is 0. The van der Waals surface area contributed by atoms with Crippen molar-refractivity contribution >= 4 is 17.5 Å². The summed E-state index contributed by atoms with van der Waals surface area (Å²) in [6, 6.07) is 3.58. The monoisotopic (exact) mass is 277 g/mol. The molecule has 0 heterocycles. The Balaban J connectivity index is 2.85. The van der Waals surface area contributed by atoms with E-state index in [1.807, 2.05) is 0 Å². The Morgan fingerprint density at radius 2 is 2.00 bits per heavy atom. The van der Waals surface area contributed by atoms with Gasteiger partial charge in [0.15, 0.2) is 0 Å². The number of ether oxygens (including phenoxy) is 1. The second-order valence-electron chi connectivity index (χ2n) is 3.64. The molecular formula is C12H14ClF2NO2. The van der Waals surface area contributed by atoms with Crippen LogP contribution in [0.2, 0.25) is 0 Å². The number of alkyl halides is 1. The molecule has 0 aliphatic rings.